The van der Waals surface area contributed by atoms with Crippen LogP contribution in [0.5, 0.6) is 0 Å². The van der Waals surface area contributed by atoms with Crippen molar-refractivity contribution in [1.82, 2.24) is 19.9 Å². The molecule has 4 heterocycles. The van der Waals surface area contributed by atoms with Gasteiger partial charge in [-0.1, -0.05) is 6.07 Å². The quantitative estimate of drug-likeness (QED) is 0.854. The fourth-order valence-corrected chi connectivity index (χ4v) is 3.77. The molecule has 0 N–H and O–H groups in total. The number of rotatable bonds is 3. The molecule has 0 unspecified atom stereocenters. The molecular formula is C18H23N5O. The Balaban J connectivity index is 1.46. The van der Waals surface area contributed by atoms with Crippen molar-refractivity contribution in [2.75, 3.05) is 44.3 Å². The summed E-state index contributed by atoms with van der Waals surface area (Å²) in [4.78, 5) is 17.8. The van der Waals surface area contributed by atoms with Crippen LogP contribution in [0.2, 0.25) is 0 Å². The fraction of sp³-hybridized carbons (Fsp3) is 0.500. The largest absolute Gasteiger partial charge is 0.379 e. The number of pyridine rings is 1. The van der Waals surface area contributed by atoms with Crippen LogP contribution >= 0.6 is 0 Å². The van der Waals surface area contributed by atoms with Gasteiger partial charge in [-0.3, -0.25) is 9.88 Å². The van der Waals surface area contributed by atoms with Gasteiger partial charge in [-0.2, -0.15) is 0 Å². The van der Waals surface area contributed by atoms with Crippen LogP contribution < -0.4 is 4.90 Å². The first-order valence-electron chi connectivity index (χ1n) is 8.54. The standard InChI is InChI=1S/C18H23N5O/c1-3-16(11-19-5-1)12-22-9-10-24-15-18(13-22)4-8-23(14-18)17-20-6-2-7-21-17/h1-3,5-7,11H,4,8-10,12-15H2/t18-/m1/s1. The predicted molar refractivity (Wildman–Crippen MR) is 91.6 cm³/mol. The minimum Gasteiger partial charge on any atom is -0.379 e. The average molecular weight is 325 g/mol. The average Bonchev–Trinajstić information content (AvgIpc) is 2.94. The molecule has 6 nitrogen and oxygen atoms in total. The number of hydrogen-bond donors (Lipinski definition) is 0. The summed E-state index contributed by atoms with van der Waals surface area (Å²) < 4.78 is 5.96. The van der Waals surface area contributed by atoms with E-state index in [9.17, 15) is 0 Å². The van der Waals surface area contributed by atoms with Crippen molar-refractivity contribution in [2.24, 2.45) is 5.41 Å². The van der Waals surface area contributed by atoms with E-state index in [2.05, 4.69) is 30.8 Å². The van der Waals surface area contributed by atoms with Crippen LogP contribution in [0.4, 0.5) is 5.95 Å². The molecule has 2 aliphatic rings. The zero-order valence-corrected chi connectivity index (χ0v) is 13.8. The first kappa shape index (κ1) is 15.5. The van der Waals surface area contributed by atoms with Crippen LogP contribution in [-0.2, 0) is 11.3 Å². The summed E-state index contributed by atoms with van der Waals surface area (Å²) in [7, 11) is 0. The van der Waals surface area contributed by atoms with Gasteiger partial charge >= 0.3 is 0 Å². The third kappa shape index (κ3) is 3.39. The van der Waals surface area contributed by atoms with E-state index in [-0.39, 0.29) is 5.41 Å². The maximum Gasteiger partial charge on any atom is 0.225 e. The smallest absolute Gasteiger partial charge is 0.225 e. The number of anilines is 1. The third-order valence-corrected chi connectivity index (χ3v) is 4.92. The van der Waals surface area contributed by atoms with Crippen LogP contribution in [0.1, 0.15) is 12.0 Å². The molecule has 0 aromatic carbocycles. The lowest BCUT2D eigenvalue weighted by atomic mass is 9.87. The highest BCUT2D eigenvalue weighted by Gasteiger charge is 2.41. The molecule has 0 bridgehead atoms. The number of ether oxygens (including phenoxy) is 1. The van der Waals surface area contributed by atoms with E-state index in [1.165, 1.54) is 5.56 Å². The van der Waals surface area contributed by atoms with E-state index in [1.54, 1.807) is 0 Å². The second kappa shape index (κ2) is 6.83. The van der Waals surface area contributed by atoms with Crippen molar-refractivity contribution >= 4 is 5.95 Å². The predicted octanol–water partition coefficient (Wildman–Crippen LogP) is 1.60. The van der Waals surface area contributed by atoms with Gasteiger partial charge in [0.05, 0.1) is 13.2 Å². The molecule has 0 radical (unpaired) electrons. The summed E-state index contributed by atoms with van der Waals surface area (Å²) in [5, 5.41) is 0. The van der Waals surface area contributed by atoms with Crippen LogP contribution in [0.25, 0.3) is 0 Å². The second-order valence-corrected chi connectivity index (χ2v) is 6.84. The van der Waals surface area contributed by atoms with Crippen LogP contribution in [0.15, 0.2) is 43.0 Å². The van der Waals surface area contributed by atoms with Crippen molar-refractivity contribution in [3.8, 4) is 0 Å². The van der Waals surface area contributed by atoms with Crippen molar-refractivity contribution in [1.29, 1.82) is 0 Å². The molecule has 24 heavy (non-hydrogen) atoms. The van der Waals surface area contributed by atoms with E-state index in [4.69, 9.17) is 4.74 Å². The molecule has 2 fully saturated rings. The van der Waals surface area contributed by atoms with Crippen molar-refractivity contribution in [3.63, 3.8) is 0 Å². The van der Waals surface area contributed by atoms with E-state index >= 15 is 0 Å². The SMILES string of the molecule is c1cnc(N2CC[C@]3(COCCN(Cc4cccnc4)C3)C2)nc1. The van der Waals surface area contributed by atoms with Gasteiger partial charge in [0.15, 0.2) is 0 Å². The lowest BCUT2D eigenvalue weighted by Gasteiger charge is -2.31. The second-order valence-electron chi connectivity index (χ2n) is 6.84. The third-order valence-electron chi connectivity index (χ3n) is 4.92. The minimum atomic E-state index is 0.165. The van der Waals surface area contributed by atoms with E-state index in [0.717, 1.165) is 58.3 Å². The van der Waals surface area contributed by atoms with Gasteiger partial charge in [0.1, 0.15) is 0 Å². The normalized spacial score (nSPS) is 25.1. The molecule has 0 amide bonds. The summed E-state index contributed by atoms with van der Waals surface area (Å²) in [6, 6.07) is 6.01. The zero-order chi connectivity index (χ0) is 16.2. The molecular weight excluding hydrogens is 302 g/mol. The molecule has 0 aliphatic carbocycles. The van der Waals surface area contributed by atoms with Gasteiger partial charge in [-0.05, 0) is 24.1 Å². The monoisotopic (exact) mass is 325 g/mol. The van der Waals surface area contributed by atoms with Crippen molar-refractivity contribution < 1.29 is 4.74 Å². The summed E-state index contributed by atoms with van der Waals surface area (Å²) in [6.07, 6.45) is 8.52. The molecule has 126 valence electrons. The Kier molecular flexibility index (Phi) is 4.40. The molecule has 1 spiro atoms. The van der Waals surface area contributed by atoms with E-state index in [1.807, 2.05) is 36.9 Å². The Hall–Kier alpha value is -2.05. The van der Waals surface area contributed by atoms with Crippen LogP contribution in [0, 0.1) is 5.41 Å². The van der Waals surface area contributed by atoms with Crippen LogP contribution in [-0.4, -0.2) is 59.2 Å². The lowest BCUT2D eigenvalue weighted by molar-refractivity contribution is 0.0798. The zero-order valence-electron chi connectivity index (χ0n) is 13.8. The summed E-state index contributed by atoms with van der Waals surface area (Å²) in [5.74, 6) is 0.831. The summed E-state index contributed by atoms with van der Waals surface area (Å²) >= 11 is 0. The van der Waals surface area contributed by atoms with Gasteiger partial charge in [0, 0.05) is 62.9 Å². The number of nitrogens with zero attached hydrogens (tertiary/aromatic N) is 5. The number of aromatic nitrogens is 3. The maximum absolute atomic E-state index is 5.96. The molecule has 2 saturated heterocycles. The first-order chi connectivity index (χ1) is 11.8. The topological polar surface area (TPSA) is 54.4 Å². The highest BCUT2D eigenvalue weighted by Crippen LogP contribution is 2.35. The Morgan fingerprint density at radius 2 is 2.00 bits per heavy atom. The Morgan fingerprint density at radius 3 is 2.83 bits per heavy atom. The number of hydrogen-bond acceptors (Lipinski definition) is 6. The van der Waals surface area contributed by atoms with E-state index in [0.29, 0.717) is 0 Å². The first-order valence-corrected chi connectivity index (χ1v) is 8.54. The van der Waals surface area contributed by atoms with Gasteiger partial charge in [0.25, 0.3) is 0 Å². The molecule has 1 atom stereocenters. The summed E-state index contributed by atoms with van der Waals surface area (Å²) in [5.41, 5.74) is 1.42. The lowest BCUT2D eigenvalue weighted by Crippen LogP contribution is -2.40. The molecule has 2 aromatic rings. The molecule has 0 saturated carbocycles. The van der Waals surface area contributed by atoms with Gasteiger partial charge in [-0.15, -0.1) is 0 Å². The summed E-state index contributed by atoms with van der Waals surface area (Å²) in [6.45, 7) is 6.52. The Bertz CT molecular complexity index is 653. The van der Waals surface area contributed by atoms with Crippen LogP contribution in [0.3, 0.4) is 0 Å². The highest BCUT2D eigenvalue weighted by molar-refractivity contribution is 5.32. The van der Waals surface area contributed by atoms with Crippen molar-refractivity contribution in [3.05, 3.63) is 48.5 Å². The highest BCUT2D eigenvalue weighted by atomic mass is 16.5. The molecule has 2 aliphatic heterocycles. The Labute approximate surface area is 142 Å². The molecule has 6 heteroatoms. The Morgan fingerprint density at radius 1 is 1.08 bits per heavy atom. The molecule has 4 rings (SSSR count). The fourth-order valence-electron chi connectivity index (χ4n) is 3.77. The van der Waals surface area contributed by atoms with Gasteiger partial charge in [-0.25, -0.2) is 9.97 Å². The minimum absolute atomic E-state index is 0.165. The van der Waals surface area contributed by atoms with Gasteiger partial charge in [0.2, 0.25) is 5.95 Å². The maximum atomic E-state index is 5.96. The van der Waals surface area contributed by atoms with Crippen molar-refractivity contribution in [2.45, 2.75) is 13.0 Å². The molecule has 2 aromatic heterocycles. The van der Waals surface area contributed by atoms with E-state index < -0.39 is 0 Å². The van der Waals surface area contributed by atoms with Gasteiger partial charge < -0.3 is 9.64 Å².